The van der Waals surface area contributed by atoms with Gasteiger partial charge >= 0.3 is 0 Å². The lowest BCUT2D eigenvalue weighted by atomic mass is 9.94. The summed E-state index contributed by atoms with van der Waals surface area (Å²) in [5.74, 6) is -0.0436. The van der Waals surface area contributed by atoms with Gasteiger partial charge in [0.1, 0.15) is 61.6 Å². The Morgan fingerprint density at radius 2 is 0.843 bits per heavy atom. The van der Waals surface area contributed by atoms with Crippen LogP contribution in [0.2, 0.25) is 0 Å². The van der Waals surface area contributed by atoms with Crippen LogP contribution < -0.4 is 29.6 Å². The molecule has 0 aliphatic carbocycles. The highest BCUT2D eigenvalue weighted by Gasteiger charge is 2.67. The molecular formula is C58H56N2O10. The molecule has 0 unspecified atom stereocenters. The fraction of sp³-hybridized carbons (Fsp3) is 0.241. The van der Waals surface area contributed by atoms with Crippen molar-refractivity contribution in [2.45, 2.75) is 76.8 Å². The average molecular weight is 941 g/mol. The van der Waals surface area contributed by atoms with Crippen LogP contribution in [0, 0.1) is 0 Å². The van der Waals surface area contributed by atoms with E-state index in [1.54, 1.807) is 50.2 Å². The van der Waals surface area contributed by atoms with Crippen LogP contribution >= 0.6 is 0 Å². The lowest BCUT2D eigenvalue weighted by Crippen LogP contribution is -2.56. The zero-order chi connectivity index (χ0) is 48.2. The number of benzene rings is 7. The number of hydrogen-bond donors (Lipinski definition) is 2. The third-order valence-corrected chi connectivity index (χ3v) is 11.9. The Morgan fingerprint density at radius 1 is 0.486 bits per heavy atom. The predicted molar refractivity (Wildman–Crippen MR) is 263 cm³/mol. The first-order valence-corrected chi connectivity index (χ1v) is 23.4. The summed E-state index contributed by atoms with van der Waals surface area (Å²) >= 11 is 0. The molecule has 9 rings (SSSR count). The van der Waals surface area contributed by atoms with Gasteiger partial charge in [0.2, 0.25) is 0 Å². The standard InChI is InChI=1S/C58H56N2O10/c1-57(2)69-53-52(34-59-54(61)46-28-48(63-35-41-18-8-3-9-19-41)32-49(29-46)64-36-42-20-10-4-11-21-42)68-56(67-39-45-26-16-7-17-27-45)58(53,70-57)40-60-55(62)47-30-50(65-37-43-22-12-5-13-23-43)33-51(31-47)66-38-44-24-14-6-15-25-44/h3-33,52-53,56H,34-40H2,1-2H3,(H,59,61)(H,60,62)/t52-,53-,56-,58-/m1/s1. The Bertz CT molecular complexity index is 2670. The Kier molecular flexibility index (Phi) is 15.2. The van der Waals surface area contributed by atoms with E-state index in [0.717, 1.165) is 27.8 Å². The van der Waals surface area contributed by atoms with Gasteiger partial charge in [0.25, 0.3) is 11.8 Å². The minimum absolute atomic E-state index is 0.0159. The second-order valence-corrected chi connectivity index (χ2v) is 17.7. The molecule has 2 aliphatic rings. The summed E-state index contributed by atoms with van der Waals surface area (Å²) in [5, 5.41) is 6.18. The summed E-state index contributed by atoms with van der Waals surface area (Å²) in [6.07, 6.45) is -2.58. The number of carbonyl (C=O) groups excluding carboxylic acids is 2. The van der Waals surface area contributed by atoms with E-state index in [4.69, 9.17) is 37.9 Å². The largest absolute Gasteiger partial charge is 0.489 e. The van der Waals surface area contributed by atoms with Crippen LogP contribution in [-0.2, 0) is 52.0 Å². The third-order valence-electron chi connectivity index (χ3n) is 11.9. The Labute approximate surface area is 408 Å². The fourth-order valence-corrected chi connectivity index (χ4v) is 8.48. The Hall–Kier alpha value is -7.48. The third kappa shape index (κ3) is 12.4. The van der Waals surface area contributed by atoms with Crippen LogP contribution in [0.3, 0.4) is 0 Å². The lowest BCUT2D eigenvalue weighted by molar-refractivity contribution is -0.260. The van der Waals surface area contributed by atoms with Crippen molar-refractivity contribution in [3.63, 3.8) is 0 Å². The number of fused-ring (bicyclic) bond motifs is 1. The molecule has 4 atom stereocenters. The number of rotatable bonds is 21. The van der Waals surface area contributed by atoms with E-state index in [1.165, 1.54) is 0 Å². The Morgan fingerprint density at radius 3 is 1.23 bits per heavy atom. The molecule has 0 radical (unpaired) electrons. The zero-order valence-electron chi connectivity index (χ0n) is 39.2. The van der Waals surface area contributed by atoms with Gasteiger partial charge in [-0.15, -0.1) is 0 Å². The van der Waals surface area contributed by atoms with E-state index in [-0.39, 0.29) is 25.6 Å². The second kappa shape index (κ2) is 22.3. The van der Waals surface area contributed by atoms with Crippen molar-refractivity contribution in [1.82, 2.24) is 10.6 Å². The van der Waals surface area contributed by atoms with Crippen molar-refractivity contribution in [3.8, 4) is 23.0 Å². The van der Waals surface area contributed by atoms with Crippen molar-refractivity contribution in [2.24, 2.45) is 0 Å². The van der Waals surface area contributed by atoms with Crippen LogP contribution in [-0.4, -0.2) is 54.8 Å². The summed E-state index contributed by atoms with van der Waals surface area (Å²) in [6, 6.07) is 59.2. The number of amides is 2. The number of carbonyl (C=O) groups is 2. The Balaban J connectivity index is 0.944. The highest BCUT2D eigenvalue weighted by molar-refractivity contribution is 5.95. The van der Waals surface area contributed by atoms with Crippen LogP contribution in [0.1, 0.15) is 62.4 Å². The topological polar surface area (TPSA) is 132 Å². The van der Waals surface area contributed by atoms with Gasteiger partial charge in [0.15, 0.2) is 17.7 Å². The molecular weight excluding hydrogens is 885 g/mol. The number of nitrogens with one attached hydrogen (secondary N) is 2. The second-order valence-electron chi connectivity index (χ2n) is 17.7. The smallest absolute Gasteiger partial charge is 0.251 e. The van der Waals surface area contributed by atoms with E-state index < -0.39 is 35.8 Å². The molecule has 2 fully saturated rings. The van der Waals surface area contributed by atoms with Crippen molar-refractivity contribution < 1.29 is 47.5 Å². The first kappa shape index (κ1) is 47.6. The molecule has 0 aromatic heterocycles. The number of ether oxygens (including phenoxy) is 8. The van der Waals surface area contributed by atoms with Gasteiger partial charge in [0, 0.05) is 29.8 Å². The van der Waals surface area contributed by atoms with Crippen LogP contribution in [0.5, 0.6) is 23.0 Å². The summed E-state index contributed by atoms with van der Waals surface area (Å²) in [7, 11) is 0. The maximum Gasteiger partial charge on any atom is 0.251 e. The molecule has 2 amide bonds. The summed E-state index contributed by atoms with van der Waals surface area (Å²) < 4.78 is 51.4. The highest BCUT2D eigenvalue weighted by Crippen LogP contribution is 2.47. The average Bonchev–Trinajstić information content (AvgIpc) is 3.84. The van der Waals surface area contributed by atoms with Crippen molar-refractivity contribution >= 4 is 11.8 Å². The number of hydrogen-bond acceptors (Lipinski definition) is 10. The summed E-state index contributed by atoms with van der Waals surface area (Å²) in [6.45, 7) is 4.93. The predicted octanol–water partition coefficient (Wildman–Crippen LogP) is 9.99. The molecule has 70 heavy (non-hydrogen) atoms. The van der Waals surface area contributed by atoms with Gasteiger partial charge < -0.3 is 48.5 Å². The first-order chi connectivity index (χ1) is 34.2. The molecule has 0 bridgehead atoms. The first-order valence-electron chi connectivity index (χ1n) is 23.4. The molecule has 12 nitrogen and oxygen atoms in total. The van der Waals surface area contributed by atoms with Crippen LogP contribution in [0.15, 0.2) is 188 Å². The normalized spacial score (nSPS) is 18.9. The quantitative estimate of drug-likeness (QED) is 0.0718. The molecule has 2 saturated heterocycles. The summed E-state index contributed by atoms with van der Waals surface area (Å²) in [5.41, 5.74) is 4.11. The molecule has 358 valence electrons. The molecule has 12 heteroatoms. The molecule has 0 saturated carbocycles. The van der Waals surface area contributed by atoms with E-state index in [0.29, 0.717) is 60.6 Å². The maximum atomic E-state index is 14.4. The van der Waals surface area contributed by atoms with Crippen molar-refractivity contribution in [2.75, 3.05) is 13.1 Å². The van der Waals surface area contributed by atoms with Crippen LogP contribution in [0.4, 0.5) is 0 Å². The molecule has 7 aromatic carbocycles. The van der Waals surface area contributed by atoms with E-state index in [9.17, 15) is 9.59 Å². The van der Waals surface area contributed by atoms with Crippen molar-refractivity contribution in [1.29, 1.82) is 0 Å². The molecule has 2 N–H and O–H groups in total. The highest BCUT2D eigenvalue weighted by atomic mass is 16.8. The van der Waals surface area contributed by atoms with Gasteiger partial charge in [-0.1, -0.05) is 152 Å². The molecule has 7 aromatic rings. The monoisotopic (exact) mass is 940 g/mol. The van der Waals surface area contributed by atoms with Gasteiger partial charge in [-0.05, 0) is 65.9 Å². The molecule has 2 aliphatic heterocycles. The van der Waals surface area contributed by atoms with E-state index >= 15 is 0 Å². The van der Waals surface area contributed by atoms with Gasteiger partial charge in [0.05, 0.1) is 13.2 Å². The minimum Gasteiger partial charge on any atom is -0.489 e. The lowest BCUT2D eigenvalue weighted by Gasteiger charge is -2.33. The van der Waals surface area contributed by atoms with Gasteiger partial charge in [-0.25, -0.2) is 0 Å². The van der Waals surface area contributed by atoms with Crippen LogP contribution in [0.25, 0.3) is 0 Å². The molecule has 0 spiro atoms. The van der Waals surface area contributed by atoms with Gasteiger partial charge in [-0.3, -0.25) is 9.59 Å². The molecule has 2 heterocycles. The fourth-order valence-electron chi connectivity index (χ4n) is 8.48. The van der Waals surface area contributed by atoms with Crippen molar-refractivity contribution in [3.05, 3.63) is 227 Å². The zero-order valence-corrected chi connectivity index (χ0v) is 39.2. The maximum absolute atomic E-state index is 14.4. The van der Waals surface area contributed by atoms with E-state index in [1.807, 2.05) is 152 Å². The van der Waals surface area contributed by atoms with Gasteiger partial charge in [-0.2, -0.15) is 0 Å². The minimum atomic E-state index is -1.35. The van der Waals surface area contributed by atoms with E-state index in [2.05, 4.69) is 10.6 Å². The SMILES string of the molecule is CC1(C)O[C@@H]2[C@@H](CNC(=O)c3cc(OCc4ccccc4)cc(OCc4ccccc4)c3)O[C@@H](OCc3ccccc3)[C@]2(CNC(=O)c2cc(OCc3ccccc3)cc(OCc3ccccc3)c2)O1. The summed E-state index contributed by atoms with van der Waals surface area (Å²) in [4.78, 5) is 28.5.